The molecule has 0 N–H and O–H groups in total. The molecule has 92 valence electrons. The van der Waals surface area contributed by atoms with Gasteiger partial charge in [0.15, 0.2) is 0 Å². The highest BCUT2D eigenvalue weighted by Gasteiger charge is 2.27. The SMILES string of the molecule is CC(C)n1ccn(COCC(F)(F)F)c1=O. The summed E-state index contributed by atoms with van der Waals surface area (Å²) in [5.74, 6) is 0. The van der Waals surface area contributed by atoms with Crippen molar-refractivity contribution in [2.45, 2.75) is 32.8 Å². The topological polar surface area (TPSA) is 36.2 Å². The van der Waals surface area contributed by atoms with E-state index < -0.39 is 19.5 Å². The number of hydrogen-bond donors (Lipinski definition) is 0. The maximum Gasteiger partial charge on any atom is 0.411 e. The van der Waals surface area contributed by atoms with Crippen LogP contribution in [-0.2, 0) is 11.5 Å². The van der Waals surface area contributed by atoms with Crippen LogP contribution < -0.4 is 5.69 Å². The highest BCUT2D eigenvalue weighted by Crippen LogP contribution is 2.14. The standard InChI is InChI=1S/C9H13F3N2O2/c1-7(2)14-4-3-13(8(14)15)6-16-5-9(10,11)12/h3-4,7H,5-6H2,1-2H3. The van der Waals surface area contributed by atoms with Crippen LogP contribution in [0.5, 0.6) is 0 Å². The van der Waals surface area contributed by atoms with E-state index in [1.165, 1.54) is 17.0 Å². The van der Waals surface area contributed by atoms with Crippen molar-refractivity contribution in [3.8, 4) is 0 Å². The van der Waals surface area contributed by atoms with Gasteiger partial charge in [0, 0.05) is 18.4 Å². The molecule has 0 bridgehead atoms. The average Bonchev–Trinajstić information content (AvgIpc) is 2.46. The van der Waals surface area contributed by atoms with Gasteiger partial charge in [0.1, 0.15) is 13.3 Å². The Morgan fingerprint density at radius 3 is 2.44 bits per heavy atom. The quantitative estimate of drug-likeness (QED) is 0.801. The molecule has 0 saturated heterocycles. The van der Waals surface area contributed by atoms with Gasteiger partial charge in [-0.1, -0.05) is 0 Å². The molecule has 0 aliphatic carbocycles. The lowest BCUT2D eigenvalue weighted by Crippen LogP contribution is -2.27. The first-order chi connectivity index (χ1) is 7.31. The number of alkyl halides is 3. The molecule has 0 aliphatic rings. The predicted octanol–water partition coefficient (Wildman–Crippen LogP) is 1.77. The van der Waals surface area contributed by atoms with E-state index in [-0.39, 0.29) is 11.7 Å². The monoisotopic (exact) mass is 238 g/mol. The van der Waals surface area contributed by atoms with Gasteiger partial charge < -0.3 is 4.74 Å². The number of hydrogen-bond acceptors (Lipinski definition) is 2. The molecule has 0 unspecified atom stereocenters. The van der Waals surface area contributed by atoms with E-state index in [1.54, 1.807) is 0 Å². The molecule has 7 heteroatoms. The molecule has 0 atom stereocenters. The van der Waals surface area contributed by atoms with Crippen LogP contribution in [-0.4, -0.2) is 21.9 Å². The van der Waals surface area contributed by atoms with Crippen molar-refractivity contribution in [3.05, 3.63) is 22.9 Å². The first-order valence-corrected chi connectivity index (χ1v) is 4.73. The Morgan fingerprint density at radius 1 is 1.38 bits per heavy atom. The van der Waals surface area contributed by atoms with E-state index in [4.69, 9.17) is 0 Å². The second-order valence-corrected chi connectivity index (χ2v) is 3.64. The third-order valence-corrected chi connectivity index (χ3v) is 1.93. The van der Waals surface area contributed by atoms with Crippen LogP contribution in [0, 0.1) is 0 Å². The van der Waals surface area contributed by atoms with Crippen molar-refractivity contribution >= 4 is 0 Å². The Bertz CT molecular complexity index is 392. The van der Waals surface area contributed by atoms with E-state index in [0.717, 1.165) is 4.57 Å². The zero-order valence-corrected chi connectivity index (χ0v) is 8.99. The summed E-state index contributed by atoms with van der Waals surface area (Å²) in [6.45, 7) is 1.87. The van der Waals surface area contributed by atoms with Gasteiger partial charge in [-0.2, -0.15) is 13.2 Å². The third-order valence-electron chi connectivity index (χ3n) is 1.93. The van der Waals surface area contributed by atoms with Gasteiger partial charge in [0.05, 0.1) is 0 Å². The molecule has 1 rings (SSSR count). The predicted molar refractivity (Wildman–Crippen MR) is 51.1 cm³/mol. The number of imidazole rings is 1. The number of halogens is 3. The molecule has 1 aromatic rings. The van der Waals surface area contributed by atoms with E-state index in [9.17, 15) is 18.0 Å². The average molecular weight is 238 g/mol. The van der Waals surface area contributed by atoms with Gasteiger partial charge in [-0.05, 0) is 13.8 Å². The highest BCUT2D eigenvalue weighted by atomic mass is 19.4. The van der Waals surface area contributed by atoms with Crippen molar-refractivity contribution in [1.29, 1.82) is 0 Å². The maximum absolute atomic E-state index is 11.8. The molecule has 16 heavy (non-hydrogen) atoms. The molecular weight excluding hydrogens is 225 g/mol. The van der Waals surface area contributed by atoms with Crippen molar-refractivity contribution in [1.82, 2.24) is 9.13 Å². The van der Waals surface area contributed by atoms with Crippen molar-refractivity contribution in [2.75, 3.05) is 6.61 Å². The minimum atomic E-state index is -4.37. The molecule has 0 radical (unpaired) electrons. The Labute approximate surface area is 90.2 Å². The van der Waals surface area contributed by atoms with Gasteiger partial charge in [-0.3, -0.25) is 9.13 Å². The van der Waals surface area contributed by atoms with E-state index in [1.807, 2.05) is 13.8 Å². The summed E-state index contributed by atoms with van der Waals surface area (Å²) in [7, 11) is 0. The number of rotatable bonds is 4. The van der Waals surface area contributed by atoms with Crippen LogP contribution in [0.3, 0.4) is 0 Å². The lowest BCUT2D eigenvalue weighted by atomic mass is 10.4. The molecule has 0 aliphatic heterocycles. The Hall–Kier alpha value is -1.24. The van der Waals surface area contributed by atoms with Crippen LogP contribution in [0.4, 0.5) is 13.2 Å². The first kappa shape index (κ1) is 12.8. The zero-order valence-electron chi connectivity index (χ0n) is 8.99. The van der Waals surface area contributed by atoms with E-state index >= 15 is 0 Å². The minimum absolute atomic E-state index is 0.0311. The van der Waals surface area contributed by atoms with Crippen LogP contribution >= 0.6 is 0 Å². The molecule has 0 aromatic carbocycles. The van der Waals surface area contributed by atoms with Crippen LogP contribution in [0.25, 0.3) is 0 Å². The number of ether oxygens (including phenoxy) is 1. The molecule has 0 fully saturated rings. The van der Waals surface area contributed by atoms with Crippen LogP contribution in [0.1, 0.15) is 19.9 Å². The minimum Gasteiger partial charge on any atom is -0.351 e. The second kappa shape index (κ2) is 4.73. The lowest BCUT2D eigenvalue weighted by Gasteiger charge is -2.08. The normalized spacial score (nSPS) is 12.4. The summed E-state index contributed by atoms with van der Waals surface area (Å²) in [6, 6.07) is -0.0311. The summed E-state index contributed by atoms with van der Waals surface area (Å²) in [4.78, 5) is 11.5. The summed E-state index contributed by atoms with van der Waals surface area (Å²) in [6.07, 6.45) is -1.45. The van der Waals surface area contributed by atoms with Gasteiger partial charge in [-0.25, -0.2) is 4.79 Å². The number of nitrogens with zero attached hydrogens (tertiary/aromatic N) is 2. The third kappa shape index (κ3) is 3.41. The molecule has 4 nitrogen and oxygen atoms in total. The van der Waals surface area contributed by atoms with Crippen molar-refractivity contribution in [3.63, 3.8) is 0 Å². The van der Waals surface area contributed by atoms with Gasteiger partial charge in [0.2, 0.25) is 0 Å². The molecule has 0 saturated carbocycles. The summed E-state index contributed by atoms with van der Waals surface area (Å²) < 4.78 is 42.2. The lowest BCUT2D eigenvalue weighted by molar-refractivity contribution is -0.182. The first-order valence-electron chi connectivity index (χ1n) is 4.73. The van der Waals surface area contributed by atoms with Gasteiger partial charge >= 0.3 is 11.9 Å². The van der Waals surface area contributed by atoms with Crippen molar-refractivity contribution in [2.24, 2.45) is 0 Å². The summed E-state index contributed by atoms with van der Waals surface area (Å²) in [5, 5.41) is 0. The Kier molecular flexibility index (Phi) is 3.79. The zero-order chi connectivity index (χ0) is 12.3. The molecule has 1 heterocycles. The van der Waals surface area contributed by atoms with Crippen LogP contribution in [0.15, 0.2) is 17.2 Å². The Balaban J connectivity index is 2.59. The van der Waals surface area contributed by atoms with E-state index in [2.05, 4.69) is 4.74 Å². The van der Waals surface area contributed by atoms with Gasteiger partial charge in [-0.15, -0.1) is 0 Å². The molecule has 0 amide bonds. The largest absolute Gasteiger partial charge is 0.411 e. The number of aromatic nitrogens is 2. The highest BCUT2D eigenvalue weighted by molar-refractivity contribution is 4.82. The fourth-order valence-corrected chi connectivity index (χ4v) is 1.18. The smallest absolute Gasteiger partial charge is 0.351 e. The van der Waals surface area contributed by atoms with E-state index in [0.29, 0.717) is 0 Å². The van der Waals surface area contributed by atoms with Gasteiger partial charge in [0.25, 0.3) is 0 Å². The Morgan fingerprint density at radius 2 is 2.00 bits per heavy atom. The fraction of sp³-hybridized carbons (Fsp3) is 0.667. The molecule has 0 spiro atoms. The fourth-order valence-electron chi connectivity index (χ4n) is 1.18. The summed E-state index contributed by atoms with van der Waals surface area (Å²) >= 11 is 0. The summed E-state index contributed by atoms with van der Waals surface area (Å²) in [5.41, 5.74) is -0.378. The molecular formula is C9H13F3N2O2. The maximum atomic E-state index is 11.8. The second-order valence-electron chi connectivity index (χ2n) is 3.64. The van der Waals surface area contributed by atoms with Crippen molar-refractivity contribution < 1.29 is 17.9 Å². The van der Waals surface area contributed by atoms with Crippen LogP contribution in [0.2, 0.25) is 0 Å². The molecule has 1 aromatic heterocycles.